The number of carbonyl (C=O) groups excluding carboxylic acids is 2. The maximum atomic E-state index is 13.1. The lowest BCUT2D eigenvalue weighted by Crippen LogP contribution is -2.35. The van der Waals surface area contributed by atoms with E-state index in [1.54, 1.807) is 4.90 Å². The van der Waals surface area contributed by atoms with Crippen molar-refractivity contribution in [1.82, 2.24) is 0 Å². The van der Waals surface area contributed by atoms with Crippen LogP contribution in [0, 0.1) is 0 Å². The van der Waals surface area contributed by atoms with Crippen molar-refractivity contribution >= 4 is 47.2 Å². The van der Waals surface area contributed by atoms with E-state index in [0.717, 1.165) is 24.1 Å². The van der Waals surface area contributed by atoms with Crippen LogP contribution in [0.25, 0.3) is 0 Å². The van der Waals surface area contributed by atoms with E-state index in [-0.39, 0.29) is 41.4 Å². The highest BCUT2D eigenvalue weighted by Crippen LogP contribution is 2.38. The minimum Gasteiger partial charge on any atom is -0.493 e. The quantitative estimate of drug-likeness (QED) is 0.715. The van der Waals surface area contributed by atoms with Gasteiger partial charge >= 0.3 is 0 Å². The molecule has 0 aliphatic carbocycles. The average Bonchev–Trinajstić information content (AvgIpc) is 2.65. The summed E-state index contributed by atoms with van der Waals surface area (Å²) in [6, 6.07) is 8.56. The molecule has 2 aromatic rings. The van der Waals surface area contributed by atoms with Crippen LogP contribution in [0.1, 0.15) is 22.3 Å². The number of ether oxygens (including phenoxy) is 2. The highest BCUT2D eigenvalue weighted by atomic mass is 35.5. The molecule has 9 heteroatoms. The van der Waals surface area contributed by atoms with Crippen LogP contribution >= 0.6 is 24.0 Å². The van der Waals surface area contributed by atoms with E-state index in [4.69, 9.17) is 32.5 Å². The summed E-state index contributed by atoms with van der Waals surface area (Å²) in [5, 5.41) is 0.156. The monoisotopic (exact) mass is 425 g/mol. The Morgan fingerprint density at radius 1 is 1.29 bits per heavy atom. The van der Waals surface area contributed by atoms with E-state index in [1.165, 1.54) is 19.2 Å². The van der Waals surface area contributed by atoms with Crippen LogP contribution in [0.2, 0.25) is 5.02 Å². The number of nitrogen functional groups attached to an aromatic ring is 1. The van der Waals surface area contributed by atoms with Gasteiger partial charge < -0.3 is 25.8 Å². The van der Waals surface area contributed by atoms with Crippen molar-refractivity contribution in [2.24, 2.45) is 5.73 Å². The lowest BCUT2D eigenvalue weighted by Gasteiger charge is -2.30. The molecule has 2 aromatic carbocycles. The van der Waals surface area contributed by atoms with Crippen molar-refractivity contribution in [2.45, 2.75) is 12.8 Å². The third-order valence-electron chi connectivity index (χ3n) is 4.37. The van der Waals surface area contributed by atoms with Crippen LogP contribution in [0.5, 0.6) is 11.5 Å². The SMILES string of the molecule is COc1cc(C(=O)N2CCCc3c(N)cccc32)cc(Cl)c1OCC(N)=O.Cl. The van der Waals surface area contributed by atoms with Crippen molar-refractivity contribution < 1.29 is 19.1 Å². The molecule has 0 aromatic heterocycles. The molecule has 28 heavy (non-hydrogen) atoms. The maximum Gasteiger partial charge on any atom is 0.258 e. The summed E-state index contributed by atoms with van der Waals surface area (Å²) >= 11 is 6.26. The Morgan fingerprint density at radius 3 is 2.71 bits per heavy atom. The molecule has 1 heterocycles. The van der Waals surface area contributed by atoms with Gasteiger partial charge in [-0.05, 0) is 42.7 Å². The van der Waals surface area contributed by atoms with Gasteiger partial charge in [0.05, 0.1) is 12.1 Å². The Morgan fingerprint density at radius 2 is 2.04 bits per heavy atom. The average molecular weight is 426 g/mol. The van der Waals surface area contributed by atoms with E-state index in [2.05, 4.69) is 0 Å². The standard InChI is InChI=1S/C19H20ClN3O4.ClH/c1-26-16-9-11(8-13(20)18(16)27-10-17(22)24)19(25)23-7-3-4-12-14(21)5-2-6-15(12)23;/h2,5-6,8-9H,3-4,7,10,21H2,1H3,(H2,22,24);1H. The molecule has 0 spiro atoms. The van der Waals surface area contributed by atoms with Crippen LogP contribution in [-0.2, 0) is 11.2 Å². The summed E-state index contributed by atoms with van der Waals surface area (Å²) < 4.78 is 10.6. The predicted molar refractivity (Wildman–Crippen MR) is 111 cm³/mol. The first-order chi connectivity index (χ1) is 12.9. The molecule has 0 atom stereocenters. The van der Waals surface area contributed by atoms with Crippen molar-refractivity contribution in [1.29, 1.82) is 0 Å². The molecule has 0 fully saturated rings. The number of nitrogens with two attached hydrogens (primary N) is 2. The molecule has 2 amide bonds. The van der Waals surface area contributed by atoms with Gasteiger partial charge in [-0.25, -0.2) is 0 Å². The number of halogens is 2. The molecule has 0 unspecified atom stereocenters. The topological polar surface area (TPSA) is 108 Å². The van der Waals surface area contributed by atoms with Crippen molar-refractivity contribution in [3.63, 3.8) is 0 Å². The number of rotatable bonds is 5. The minimum atomic E-state index is -0.643. The fourth-order valence-electron chi connectivity index (χ4n) is 3.15. The number of hydrogen-bond donors (Lipinski definition) is 2. The van der Waals surface area contributed by atoms with Crippen LogP contribution in [0.15, 0.2) is 30.3 Å². The molecule has 150 valence electrons. The third-order valence-corrected chi connectivity index (χ3v) is 4.65. The highest BCUT2D eigenvalue weighted by Gasteiger charge is 2.26. The molecule has 0 saturated heterocycles. The first-order valence-electron chi connectivity index (χ1n) is 8.40. The zero-order chi connectivity index (χ0) is 19.6. The lowest BCUT2D eigenvalue weighted by molar-refractivity contribution is -0.119. The first-order valence-corrected chi connectivity index (χ1v) is 8.78. The number of nitrogens with zero attached hydrogens (tertiary/aromatic N) is 1. The van der Waals surface area contributed by atoms with Crippen LogP contribution < -0.4 is 25.8 Å². The number of benzene rings is 2. The minimum absolute atomic E-state index is 0. The van der Waals surface area contributed by atoms with Gasteiger partial charge in [0.2, 0.25) is 0 Å². The van der Waals surface area contributed by atoms with Crippen LogP contribution in [-0.4, -0.2) is 32.1 Å². The zero-order valence-electron chi connectivity index (χ0n) is 15.2. The Balaban J connectivity index is 0.00000280. The van der Waals surface area contributed by atoms with Crippen LogP contribution in [0.3, 0.4) is 0 Å². The molecule has 4 N–H and O–H groups in total. The summed E-state index contributed by atoms with van der Waals surface area (Å²) in [6.45, 7) is 0.233. The van der Waals surface area contributed by atoms with Gasteiger partial charge in [0.1, 0.15) is 0 Å². The van der Waals surface area contributed by atoms with Crippen molar-refractivity contribution in [2.75, 3.05) is 30.9 Å². The van der Waals surface area contributed by atoms with Gasteiger partial charge in [-0.1, -0.05) is 17.7 Å². The van der Waals surface area contributed by atoms with E-state index in [9.17, 15) is 9.59 Å². The first kappa shape index (κ1) is 21.7. The van der Waals surface area contributed by atoms with E-state index in [1.807, 2.05) is 18.2 Å². The Bertz CT molecular complexity index is 905. The van der Waals surface area contributed by atoms with Gasteiger partial charge in [0.15, 0.2) is 18.1 Å². The Kier molecular flexibility index (Phi) is 6.99. The second-order valence-corrected chi connectivity index (χ2v) is 6.56. The smallest absolute Gasteiger partial charge is 0.258 e. The summed E-state index contributed by atoms with van der Waals surface area (Å²) in [7, 11) is 1.42. The Hall–Kier alpha value is -2.64. The molecule has 7 nitrogen and oxygen atoms in total. The molecular weight excluding hydrogens is 405 g/mol. The highest BCUT2D eigenvalue weighted by molar-refractivity contribution is 6.33. The number of hydrogen-bond acceptors (Lipinski definition) is 5. The summed E-state index contributed by atoms with van der Waals surface area (Å²) in [5.74, 6) is -0.450. The molecule has 1 aliphatic rings. The number of amides is 2. The summed E-state index contributed by atoms with van der Waals surface area (Å²) in [4.78, 5) is 25.8. The van der Waals surface area contributed by atoms with E-state index < -0.39 is 5.91 Å². The molecule has 3 rings (SSSR count). The lowest BCUT2D eigenvalue weighted by atomic mass is 9.99. The second kappa shape index (κ2) is 9.03. The molecular formula is C19H21Cl2N3O4. The predicted octanol–water partition coefficient (Wildman–Crippen LogP) is 2.81. The van der Waals surface area contributed by atoms with Gasteiger partial charge in [0.25, 0.3) is 11.8 Å². The number of fused-ring (bicyclic) bond motifs is 1. The van der Waals surface area contributed by atoms with Gasteiger partial charge in [-0.15, -0.1) is 12.4 Å². The van der Waals surface area contributed by atoms with Gasteiger partial charge in [-0.3, -0.25) is 9.59 Å². The van der Waals surface area contributed by atoms with Crippen molar-refractivity contribution in [3.05, 3.63) is 46.5 Å². The number of carbonyl (C=O) groups is 2. The van der Waals surface area contributed by atoms with Gasteiger partial charge in [-0.2, -0.15) is 0 Å². The number of methoxy groups -OCH3 is 1. The van der Waals surface area contributed by atoms with Crippen molar-refractivity contribution in [3.8, 4) is 11.5 Å². The molecule has 0 bridgehead atoms. The summed E-state index contributed by atoms with van der Waals surface area (Å²) in [6.07, 6.45) is 1.65. The maximum absolute atomic E-state index is 13.1. The molecule has 1 aliphatic heterocycles. The zero-order valence-corrected chi connectivity index (χ0v) is 16.8. The van der Waals surface area contributed by atoms with Gasteiger partial charge in [0, 0.05) is 23.5 Å². The number of anilines is 2. The molecule has 0 radical (unpaired) electrons. The largest absolute Gasteiger partial charge is 0.493 e. The number of primary amides is 1. The van der Waals surface area contributed by atoms with Crippen LogP contribution in [0.4, 0.5) is 11.4 Å². The molecule has 0 saturated carbocycles. The van der Waals surface area contributed by atoms with E-state index >= 15 is 0 Å². The fourth-order valence-corrected chi connectivity index (χ4v) is 3.41. The second-order valence-electron chi connectivity index (χ2n) is 6.15. The third kappa shape index (κ3) is 4.26. The normalized spacial score (nSPS) is 12.6. The summed E-state index contributed by atoms with van der Waals surface area (Å²) in [5.41, 5.74) is 13.9. The van der Waals surface area contributed by atoms with E-state index in [0.29, 0.717) is 17.8 Å². The fraction of sp³-hybridized carbons (Fsp3) is 0.263. The Labute approximate surface area is 173 Å².